The van der Waals surface area contributed by atoms with Crippen molar-refractivity contribution in [3.63, 3.8) is 0 Å². The van der Waals surface area contributed by atoms with Crippen LogP contribution in [0.5, 0.6) is 11.5 Å². The van der Waals surface area contributed by atoms with Gasteiger partial charge in [-0.15, -0.1) is 5.10 Å². The molecule has 0 radical (unpaired) electrons. The zero-order valence-corrected chi connectivity index (χ0v) is 35.2. The number of carbonyl (C=O) groups excluding carboxylic acids is 5. The SMILES string of the molecule is Nc1ncnc2c1c(-c1ccc(Oc3ccccc3)cc1)nn2C1CCCN(C(=O)CCCc2cn(CCCCCNc3cccc4c3C(=O)N(C3CCC(=O)NC3=O)C4=O)nn2)C1. The number of nitrogens with zero attached hydrogens (tertiary/aromatic N) is 9. The van der Waals surface area contributed by atoms with Crippen LogP contribution >= 0.6 is 0 Å². The maximum atomic E-state index is 13.5. The van der Waals surface area contributed by atoms with Crippen molar-refractivity contribution in [2.24, 2.45) is 0 Å². The lowest BCUT2D eigenvalue weighted by Crippen LogP contribution is -2.54. The molecule has 18 nitrogen and oxygen atoms in total. The number of hydrogen-bond acceptors (Lipinski definition) is 13. The third kappa shape index (κ3) is 8.75. The topological polar surface area (TPSA) is 225 Å². The summed E-state index contributed by atoms with van der Waals surface area (Å²) in [6.45, 7) is 2.46. The van der Waals surface area contributed by atoms with Crippen LogP contribution < -0.4 is 21.1 Å². The fourth-order valence-corrected chi connectivity index (χ4v) is 8.74. The maximum Gasteiger partial charge on any atom is 0.264 e. The number of unbranched alkanes of at least 4 members (excludes halogenated alkanes) is 2. The molecular formula is C46H48N12O6. The van der Waals surface area contributed by atoms with Crippen molar-refractivity contribution in [2.75, 3.05) is 30.7 Å². The number of fused-ring (bicyclic) bond motifs is 2. The smallest absolute Gasteiger partial charge is 0.264 e. The summed E-state index contributed by atoms with van der Waals surface area (Å²) in [7, 11) is 0. The molecule has 2 unspecified atom stereocenters. The fourth-order valence-electron chi connectivity index (χ4n) is 8.74. The van der Waals surface area contributed by atoms with E-state index in [1.807, 2.05) is 75.1 Å². The van der Waals surface area contributed by atoms with Gasteiger partial charge in [0.25, 0.3) is 11.8 Å². The van der Waals surface area contributed by atoms with Gasteiger partial charge in [0.05, 0.1) is 28.2 Å². The molecule has 0 aliphatic carbocycles. The van der Waals surface area contributed by atoms with E-state index in [4.69, 9.17) is 15.6 Å². The van der Waals surface area contributed by atoms with Crippen molar-refractivity contribution in [3.05, 3.63) is 102 Å². The summed E-state index contributed by atoms with van der Waals surface area (Å²) in [6.07, 6.45) is 9.46. The quantitative estimate of drug-likeness (QED) is 0.0828. The monoisotopic (exact) mass is 864 g/mol. The summed E-state index contributed by atoms with van der Waals surface area (Å²) in [6, 6.07) is 21.2. The van der Waals surface area contributed by atoms with Crippen molar-refractivity contribution in [3.8, 4) is 22.8 Å². The van der Waals surface area contributed by atoms with Gasteiger partial charge in [0.15, 0.2) is 5.65 Å². The van der Waals surface area contributed by atoms with Gasteiger partial charge >= 0.3 is 0 Å². The van der Waals surface area contributed by atoms with Gasteiger partial charge in [-0.3, -0.25) is 38.9 Å². The number of nitrogens with one attached hydrogen (secondary N) is 2. The largest absolute Gasteiger partial charge is 0.457 e. The highest BCUT2D eigenvalue weighted by molar-refractivity contribution is 6.25. The summed E-state index contributed by atoms with van der Waals surface area (Å²) in [5.41, 5.74) is 10.5. The van der Waals surface area contributed by atoms with Crippen LogP contribution in [0.15, 0.2) is 85.3 Å². The Bertz CT molecular complexity index is 2720. The second-order valence-corrected chi connectivity index (χ2v) is 16.3. The molecule has 2 saturated heterocycles. The number of amides is 5. The summed E-state index contributed by atoms with van der Waals surface area (Å²) < 4.78 is 9.72. The molecule has 3 aliphatic rings. The average molecular weight is 865 g/mol. The first-order chi connectivity index (χ1) is 31.2. The first-order valence-corrected chi connectivity index (χ1v) is 21.8. The van der Waals surface area contributed by atoms with E-state index in [9.17, 15) is 24.0 Å². The van der Waals surface area contributed by atoms with Gasteiger partial charge in [0.1, 0.15) is 35.4 Å². The highest BCUT2D eigenvalue weighted by Crippen LogP contribution is 2.36. The number of aryl methyl sites for hydroxylation is 2. The standard InChI is InChI=1S/C46H48N12O6/c47-42-40-41(29-17-19-33(20-18-29)64-32-12-3-1-4-13-32)53-58(43(40)50-28-49-42)31-11-9-24-55(27-31)38(60)16-7-10-30-26-56(54-52-30)25-6-2-5-23-48-35-15-8-14-34-39(35)46(63)57(45(34)62)36-21-22-37(59)51-44(36)61/h1,3-4,8,12-15,17-20,26,28,31,36,48H,2,5-7,9-11,16,21-25,27H2,(H2,47,49,50)(H,51,59,61). The molecule has 64 heavy (non-hydrogen) atoms. The Morgan fingerprint density at radius 3 is 2.55 bits per heavy atom. The molecule has 2 atom stereocenters. The number of nitrogen functional groups attached to an aromatic ring is 1. The van der Waals surface area contributed by atoms with E-state index in [1.54, 1.807) is 18.2 Å². The number of ether oxygens (including phenoxy) is 1. The fraction of sp³-hybridized carbons (Fsp3) is 0.348. The number of piperidine rings is 2. The molecule has 3 aromatic carbocycles. The minimum absolute atomic E-state index is 0.0687. The zero-order valence-electron chi connectivity index (χ0n) is 35.2. The molecule has 4 N–H and O–H groups in total. The van der Waals surface area contributed by atoms with Crippen LogP contribution in [0.4, 0.5) is 11.5 Å². The van der Waals surface area contributed by atoms with E-state index in [0.29, 0.717) is 79.4 Å². The number of carbonyl (C=O) groups is 5. The average Bonchev–Trinajstić information content (AvgIpc) is 4.00. The molecule has 3 aliphatic heterocycles. The predicted octanol–water partition coefficient (Wildman–Crippen LogP) is 5.33. The molecule has 9 rings (SSSR count). The number of aromatic nitrogens is 7. The molecule has 3 aromatic heterocycles. The first kappa shape index (κ1) is 41.8. The van der Waals surface area contributed by atoms with Gasteiger partial charge in [0, 0.05) is 56.5 Å². The van der Waals surface area contributed by atoms with Crippen molar-refractivity contribution in [2.45, 2.75) is 82.8 Å². The highest BCUT2D eigenvalue weighted by Gasteiger charge is 2.45. The third-order valence-corrected chi connectivity index (χ3v) is 12.0. The lowest BCUT2D eigenvalue weighted by atomic mass is 10.0. The van der Waals surface area contributed by atoms with Crippen LogP contribution in [0, 0.1) is 0 Å². The Morgan fingerprint density at radius 1 is 0.891 bits per heavy atom. The summed E-state index contributed by atoms with van der Waals surface area (Å²) >= 11 is 0. The number of imide groups is 2. The van der Waals surface area contributed by atoms with Gasteiger partial charge in [-0.25, -0.2) is 14.6 Å². The number of hydrogen-bond donors (Lipinski definition) is 3. The van der Waals surface area contributed by atoms with Gasteiger partial charge < -0.3 is 20.7 Å². The van der Waals surface area contributed by atoms with Crippen LogP contribution in [0.2, 0.25) is 0 Å². The second-order valence-electron chi connectivity index (χ2n) is 16.3. The minimum atomic E-state index is -1.01. The molecule has 6 heterocycles. The summed E-state index contributed by atoms with van der Waals surface area (Å²) in [5, 5.41) is 19.9. The molecule has 0 spiro atoms. The zero-order chi connectivity index (χ0) is 44.2. The number of likely N-dealkylation sites (tertiary alicyclic amines) is 1. The minimum Gasteiger partial charge on any atom is -0.457 e. The lowest BCUT2D eigenvalue weighted by molar-refractivity contribution is -0.136. The van der Waals surface area contributed by atoms with Gasteiger partial charge in [-0.05, 0) is 99.9 Å². The molecule has 6 aromatic rings. The normalized spacial score (nSPS) is 17.5. The highest BCUT2D eigenvalue weighted by atomic mass is 16.5. The van der Waals surface area contributed by atoms with E-state index in [0.717, 1.165) is 54.0 Å². The molecule has 328 valence electrons. The van der Waals surface area contributed by atoms with E-state index >= 15 is 0 Å². The van der Waals surface area contributed by atoms with Crippen LogP contribution in [0.25, 0.3) is 22.3 Å². The lowest BCUT2D eigenvalue weighted by Gasteiger charge is -2.33. The number of nitrogens with two attached hydrogens (primary N) is 1. The Kier molecular flexibility index (Phi) is 12.1. The van der Waals surface area contributed by atoms with E-state index in [2.05, 4.69) is 30.9 Å². The number of benzene rings is 3. The molecule has 2 fully saturated rings. The van der Waals surface area contributed by atoms with Crippen molar-refractivity contribution < 1.29 is 28.7 Å². The Balaban J connectivity index is 0.725. The predicted molar refractivity (Wildman–Crippen MR) is 235 cm³/mol. The molecule has 0 bridgehead atoms. The van der Waals surface area contributed by atoms with Gasteiger partial charge in [0.2, 0.25) is 17.7 Å². The van der Waals surface area contributed by atoms with Crippen LogP contribution in [-0.4, -0.2) is 99.8 Å². The molecule has 0 saturated carbocycles. The van der Waals surface area contributed by atoms with Crippen LogP contribution in [0.3, 0.4) is 0 Å². The van der Waals surface area contributed by atoms with E-state index < -0.39 is 29.7 Å². The van der Waals surface area contributed by atoms with Crippen molar-refractivity contribution >= 4 is 52.1 Å². The Labute approximate surface area is 368 Å². The maximum absolute atomic E-state index is 13.5. The van der Waals surface area contributed by atoms with Crippen LogP contribution in [-0.2, 0) is 27.3 Å². The number of anilines is 2. The van der Waals surface area contributed by atoms with E-state index in [1.165, 1.54) is 6.33 Å². The number of para-hydroxylation sites is 1. The van der Waals surface area contributed by atoms with Crippen LogP contribution in [0.1, 0.15) is 90.2 Å². The first-order valence-electron chi connectivity index (χ1n) is 21.8. The van der Waals surface area contributed by atoms with E-state index in [-0.39, 0.29) is 35.9 Å². The van der Waals surface area contributed by atoms with Crippen molar-refractivity contribution in [1.29, 1.82) is 0 Å². The Morgan fingerprint density at radius 2 is 1.72 bits per heavy atom. The second kappa shape index (κ2) is 18.5. The third-order valence-electron chi connectivity index (χ3n) is 12.0. The van der Waals surface area contributed by atoms with Gasteiger partial charge in [-0.1, -0.05) is 29.5 Å². The Hall–Kier alpha value is -7.50. The van der Waals surface area contributed by atoms with Crippen molar-refractivity contribution in [1.82, 2.24) is 49.9 Å². The number of rotatable bonds is 16. The molecule has 5 amide bonds. The summed E-state index contributed by atoms with van der Waals surface area (Å²) in [4.78, 5) is 75.8. The van der Waals surface area contributed by atoms with Gasteiger partial charge in [-0.2, -0.15) is 5.10 Å². The summed E-state index contributed by atoms with van der Waals surface area (Å²) in [5.74, 6) is -0.220. The molecular weight excluding hydrogens is 817 g/mol. The molecule has 18 heteroatoms.